The second-order valence-electron chi connectivity index (χ2n) is 6.62. The van der Waals surface area contributed by atoms with E-state index in [0.29, 0.717) is 24.5 Å². The molecule has 1 aliphatic heterocycles. The summed E-state index contributed by atoms with van der Waals surface area (Å²) >= 11 is 0. The number of rotatable bonds is 2. The summed E-state index contributed by atoms with van der Waals surface area (Å²) in [5, 5.41) is 0. The van der Waals surface area contributed by atoms with Gasteiger partial charge in [-0.15, -0.1) is 0 Å². The first kappa shape index (κ1) is 16.4. The van der Waals surface area contributed by atoms with Crippen molar-refractivity contribution in [3.8, 4) is 17.0 Å². The zero-order valence-electron chi connectivity index (χ0n) is 14.8. The van der Waals surface area contributed by atoms with Crippen LogP contribution in [0, 0.1) is 20.8 Å². The molecule has 0 saturated heterocycles. The lowest BCUT2D eigenvalue weighted by Crippen LogP contribution is -2.26. The molecular formula is C18H23N3O3. The van der Waals surface area contributed by atoms with Gasteiger partial charge in [0.1, 0.15) is 5.56 Å². The van der Waals surface area contributed by atoms with Gasteiger partial charge >= 0.3 is 6.09 Å². The number of carbonyl (C=O) groups is 1. The molecule has 0 spiro atoms. The van der Waals surface area contributed by atoms with E-state index >= 15 is 0 Å². The molecule has 1 aromatic carbocycles. The maximum atomic E-state index is 13.0. The molecule has 0 unspecified atom stereocenters. The van der Waals surface area contributed by atoms with Gasteiger partial charge in [0.2, 0.25) is 5.88 Å². The summed E-state index contributed by atoms with van der Waals surface area (Å²) in [6, 6.07) is 4.10. The zero-order valence-corrected chi connectivity index (χ0v) is 14.8. The molecule has 128 valence electrons. The van der Waals surface area contributed by atoms with Crippen molar-refractivity contribution in [1.29, 1.82) is 0 Å². The van der Waals surface area contributed by atoms with Crippen molar-refractivity contribution >= 4 is 6.09 Å². The van der Waals surface area contributed by atoms with Crippen LogP contribution < -0.4 is 10.3 Å². The maximum absolute atomic E-state index is 13.0. The molecule has 0 radical (unpaired) electrons. The summed E-state index contributed by atoms with van der Waals surface area (Å²) in [7, 11) is 3.26. The van der Waals surface area contributed by atoms with E-state index in [9.17, 15) is 9.59 Å². The number of benzene rings is 1. The summed E-state index contributed by atoms with van der Waals surface area (Å²) in [5.74, 6) is 0.353. The predicted molar refractivity (Wildman–Crippen MR) is 92.7 cm³/mol. The number of amides is 1. The molecule has 6 nitrogen and oxygen atoms in total. The SMILES string of the molecule is Cc1cc(C)c(-c2c(OC(=O)N(C)C)n3n(c2=O)CCC3)c(C)c1. The monoisotopic (exact) mass is 329 g/mol. The van der Waals surface area contributed by atoms with E-state index in [2.05, 4.69) is 0 Å². The molecule has 1 amide bonds. The van der Waals surface area contributed by atoms with Gasteiger partial charge in [0.15, 0.2) is 0 Å². The van der Waals surface area contributed by atoms with Crippen molar-refractivity contribution in [1.82, 2.24) is 14.3 Å². The quantitative estimate of drug-likeness (QED) is 0.851. The van der Waals surface area contributed by atoms with Crippen molar-refractivity contribution in [2.24, 2.45) is 0 Å². The molecule has 0 bridgehead atoms. The fourth-order valence-electron chi connectivity index (χ4n) is 3.45. The molecular weight excluding hydrogens is 306 g/mol. The second-order valence-corrected chi connectivity index (χ2v) is 6.62. The van der Waals surface area contributed by atoms with E-state index in [1.54, 1.807) is 23.5 Å². The third-order valence-corrected chi connectivity index (χ3v) is 4.40. The molecule has 3 rings (SSSR count). The highest BCUT2D eigenvalue weighted by molar-refractivity contribution is 5.79. The summed E-state index contributed by atoms with van der Waals surface area (Å²) in [6.45, 7) is 7.33. The summed E-state index contributed by atoms with van der Waals surface area (Å²) in [4.78, 5) is 26.4. The molecule has 0 N–H and O–H groups in total. The minimum absolute atomic E-state index is 0.0934. The minimum atomic E-state index is -0.480. The van der Waals surface area contributed by atoms with Crippen LogP contribution in [0.5, 0.6) is 5.88 Å². The highest BCUT2D eigenvalue weighted by Gasteiger charge is 2.29. The number of aryl methyl sites for hydroxylation is 3. The summed E-state index contributed by atoms with van der Waals surface area (Å²) < 4.78 is 9.06. The van der Waals surface area contributed by atoms with Gasteiger partial charge in [-0.1, -0.05) is 17.7 Å². The van der Waals surface area contributed by atoms with Crippen molar-refractivity contribution in [3.63, 3.8) is 0 Å². The molecule has 1 aromatic heterocycles. The number of hydrogen-bond acceptors (Lipinski definition) is 3. The van der Waals surface area contributed by atoms with Crippen molar-refractivity contribution in [3.05, 3.63) is 39.2 Å². The first-order valence-electron chi connectivity index (χ1n) is 8.12. The highest BCUT2D eigenvalue weighted by atomic mass is 16.6. The van der Waals surface area contributed by atoms with Gasteiger partial charge in [0, 0.05) is 27.2 Å². The van der Waals surface area contributed by atoms with Gasteiger partial charge in [0.25, 0.3) is 5.56 Å². The van der Waals surface area contributed by atoms with Gasteiger partial charge < -0.3 is 9.64 Å². The first-order valence-corrected chi connectivity index (χ1v) is 8.12. The van der Waals surface area contributed by atoms with E-state index in [-0.39, 0.29) is 5.56 Å². The van der Waals surface area contributed by atoms with Crippen molar-refractivity contribution in [2.45, 2.75) is 40.3 Å². The Morgan fingerprint density at radius 3 is 2.21 bits per heavy atom. The third-order valence-electron chi connectivity index (χ3n) is 4.40. The van der Waals surface area contributed by atoms with Gasteiger partial charge in [-0.2, -0.15) is 0 Å². The minimum Gasteiger partial charge on any atom is -0.391 e. The lowest BCUT2D eigenvalue weighted by molar-refractivity contribution is 0.167. The normalized spacial score (nSPS) is 13.0. The zero-order chi connectivity index (χ0) is 17.6. The maximum Gasteiger partial charge on any atom is 0.416 e. The number of aromatic nitrogens is 2. The Labute approximate surface area is 141 Å². The van der Waals surface area contributed by atoms with Crippen LogP contribution >= 0.6 is 0 Å². The number of hydrogen-bond donors (Lipinski definition) is 0. The standard InChI is InChI=1S/C18H23N3O3/c1-11-9-12(2)14(13(3)10-11)15-16(22)20-7-6-8-21(20)17(15)24-18(23)19(4)5/h9-10H,6-8H2,1-5H3. The fraction of sp³-hybridized carbons (Fsp3) is 0.444. The van der Waals surface area contributed by atoms with E-state index in [4.69, 9.17) is 4.74 Å². The van der Waals surface area contributed by atoms with Crippen LogP contribution in [0.2, 0.25) is 0 Å². The van der Waals surface area contributed by atoms with Gasteiger partial charge in [0.05, 0.1) is 0 Å². The largest absolute Gasteiger partial charge is 0.416 e. The Balaban J connectivity index is 2.26. The Bertz CT molecular complexity index is 851. The van der Waals surface area contributed by atoms with Crippen LogP contribution in [-0.2, 0) is 13.1 Å². The second kappa shape index (κ2) is 5.85. The Kier molecular flexibility index (Phi) is 3.99. The number of carbonyl (C=O) groups excluding carboxylic acids is 1. The summed E-state index contributed by atoms with van der Waals surface area (Å²) in [6.07, 6.45) is 0.389. The van der Waals surface area contributed by atoms with Crippen LogP contribution in [0.25, 0.3) is 11.1 Å². The van der Waals surface area contributed by atoms with E-state index in [1.165, 1.54) is 4.90 Å². The number of nitrogens with zero attached hydrogens (tertiary/aromatic N) is 3. The molecule has 6 heteroatoms. The Morgan fingerprint density at radius 2 is 1.62 bits per heavy atom. The molecule has 2 aromatic rings. The summed E-state index contributed by atoms with van der Waals surface area (Å²) in [5.41, 5.74) is 4.42. The molecule has 0 atom stereocenters. The Morgan fingerprint density at radius 1 is 1.04 bits per heavy atom. The van der Waals surface area contributed by atoms with Crippen LogP contribution in [0.15, 0.2) is 16.9 Å². The molecule has 24 heavy (non-hydrogen) atoms. The van der Waals surface area contributed by atoms with Crippen LogP contribution in [0.1, 0.15) is 23.1 Å². The average molecular weight is 329 g/mol. The highest BCUT2D eigenvalue weighted by Crippen LogP contribution is 2.35. The lowest BCUT2D eigenvalue weighted by atomic mass is 9.95. The molecule has 0 aliphatic carbocycles. The lowest BCUT2D eigenvalue weighted by Gasteiger charge is -2.15. The van der Waals surface area contributed by atoms with Gasteiger partial charge in [-0.25, -0.2) is 9.48 Å². The first-order chi connectivity index (χ1) is 11.3. The molecule has 1 aliphatic rings. The van der Waals surface area contributed by atoms with Crippen molar-refractivity contribution < 1.29 is 9.53 Å². The van der Waals surface area contributed by atoms with E-state index in [0.717, 1.165) is 28.7 Å². The molecule has 2 heterocycles. The number of ether oxygens (including phenoxy) is 1. The fourth-order valence-corrected chi connectivity index (χ4v) is 3.45. The predicted octanol–water partition coefficient (Wildman–Crippen LogP) is 2.71. The van der Waals surface area contributed by atoms with Gasteiger partial charge in [-0.05, 0) is 43.9 Å². The van der Waals surface area contributed by atoms with Crippen molar-refractivity contribution in [2.75, 3.05) is 14.1 Å². The van der Waals surface area contributed by atoms with E-state index < -0.39 is 6.09 Å². The van der Waals surface area contributed by atoms with Crippen LogP contribution in [0.3, 0.4) is 0 Å². The topological polar surface area (TPSA) is 56.5 Å². The van der Waals surface area contributed by atoms with Gasteiger partial charge in [-0.3, -0.25) is 9.48 Å². The van der Waals surface area contributed by atoms with E-state index in [1.807, 2.05) is 32.9 Å². The molecule has 0 fully saturated rings. The molecule has 0 saturated carbocycles. The smallest absolute Gasteiger partial charge is 0.391 e. The third kappa shape index (κ3) is 2.52. The average Bonchev–Trinajstić information content (AvgIpc) is 3.04. The van der Waals surface area contributed by atoms with Crippen LogP contribution in [0.4, 0.5) is 4.79 Å². The number of fused-ring (bicyclic) bond motifs is 1. The Hall–Kier alpha value is -2.50. The van der Waals surface area contributed by atoms with Crippen LogP contribution in [-0.4, -0.2) is 34.5 Å².